The molecule has 2 rings (SSSR count). The van der Waals surface area contributed by atoms with E-state index in [9.17, 15) is 17.4 Å². The molecule has 0 aliphatic heterocycles. The third-order valence-corrected chi connectivity index (χ3v) is 6.91. The van der Waals surface area contributed by atoms with Gasteiger partial charge in [-0.15, -0.1) is 11.3 Å². The van der Waals surface area contributed by atoms with Crippen LogP contribution in [-0.2, 0) is 25.6 Å². The van der Waals surface area contributed by atoms with Gasteiger partial charge in [0.2, 0.25) is 5.91 Å². The lowest BCUT2D eigenvalue weighted by Crippen LogP contribution is -2.27. The Morgan fingerprint density at radius 1 is 1.38 bits per heavy atom. The first-order valence-corrected chi connectivity index (χ1v) is 10.6. The van der Waals surface area contributed by atoms with Crippen LogP contribution in [0.2, 0.25) is 0 Å². The van der Waals surface area contributed by atoms with Crippen molar-refractivity contribution >= 4 is 43.8 Å². The predicted molar refractivity (Wildman–Crippen MR) is 94.1 cm³/mol. The number of anilines is 1. The molecule has 130 valence electrons. The van der Waals surface area contributed by atoms with Gasteiger partial charge in [0.1, 0.15) is 5.75 Å². The van der Waals surface area contributed by atoms with E-state index in [1.165, 1.54) is 12.3 Å². The van der Waals surface area contributed by atoms with Crippen LogP contribution in [0.15, 0.2) is 39.6 Å². The summed E-state index contributed by atoms with van der Waals surface area (Å²) in [6.07, 6.45) is 1.29. The first-order chi connectivity index (χ1) is 11.3. The minimum absolute atomic E-state index is 0.105. The van der Waals surface area contributed by atoms with E-state index in [1.807, 2.05) is 0 Å². The van der Waals surface area contributed by atoms with Crippen LogP contribution in [0, 0.1) is 6.92 Å². The number of rotatable bonds is 7. The summed E-state index contributed by atoms with van der Waals surface area (Å²) in [7, 11) is -5.29. The topological polar surface area (TPSA) is 105 Å². The molecule has 0 aliphatic carbocycles. The van der Waals surface area contributed by atoms with Gasteiger partial charge in [-0.05, 0) is 32.0 Å². The Labute approximate surface area is 147 Å². The van der Waals surface area contributed by atoms with Gasteiger partial charge >= 0.3 is 0 Å². The Bertz CT molecular complexity index is 862. The molecule has 1 aromatic carbocycles. The zero-order valence-electron chi connectivity index (χ0n) is 13.1. The van der Waals surface area contributed by atoms with Gasteiger partial charge in [-0.25, -0.2) is 13.4 Å². The Hall–Kier alpha value is -1.78. The average molecular weight is 388 g/mol. The predicted octanol–water partition coefficient (Wildman–Crippen LogP) is 1.50. The normalized spacial score (nSPS) is 12.6. The Balaban J connectivity index is 2.15. The number of aromatic nitrogens is 1. The molecule has 0 spiro atoms. The zero-order valence-corrected chi connectivity index (χ0v) is 15.6. The maximum absolute atomic E-state index is 12.3. The van der Waals surface area contributed by atoms with Gasteiger partial charge < -0.3 is 5.32 Å². The number of sulfonamides is 1. The van der Waals surface area contributed by atoms with Gasteiger partial charge in [-0.3, -0.25) is 13.7 Å². The van der Waals surface area contributed by atoms with Crippen LogP contribution in [0.25, 0.3) is 0 Å². The van der Waals surface area contributed by atoms with Crippen LogP contribution >= 0.6 is 11.3 Å². The fourth-order valence-corrected chi connectivity index (χ4v) is 4.98. The number of thiazole rings is 1. The molecule has 7 nitrogen and oxygen atoms in total. The number of carbonyl (C=O) groups is 1. The highest BCUT2D eigenvalue weighted by molar-refractivity contribution is 7.94. The second-order valence-electron chi connectivity index (χ2n) is 4.78. The van der Waals surface area contributed by atoms with Crippen LogP contribution < -0.4 is 10.0 Å². The minimum Gasteiger partial charge on any atom is -0.356 e. The maximum atomic E-state index is 12.3. The summed E-state index contributed by atoms with van der Waals surface area (Å²) in [5.74, 6) is -0.486. The van der Waals surface area contributed by atoms with Crippen LogP contribution in [-0.4, -0.2) is 35.8 Å². The molecule has 2 N–H and O–H groups in total. The van der Waals surface area contributed by atoms with E-state index in [4.69, 9.17) is 0 Å². The fourth-order valence-electron chi connectivity index (χ4n) is 1.82. The number of amides is 1. The molecular weight excluding hydrogens is 370 g/mol. The van der Waals surface area contributed by atoms with Gasteiger partial charge in [0.05, 0.1) is 27.7 Å². The summed E-state index contributed by atoms with van der Waals surface area (Å²) in [5.41, 5.74) is 0.280. The highest BCUT2D eigenvalue weighted by Crippen LogP contribution is 2.22. The van der Waals surface area contributed by atoms with Crippen LogP contribution in [0.5, 0.6) is 0 Å². The van der Waals surface area contributed by atoms with Gasteiger partial charge in [-0.2, -0.15) is 0 Å². The molecule has 0 saturated heterocycles. The number of benzene rings is 1. The highest BCUT2D eigenvalue weighted by atomic mass is 32.2. The van der Waals surface area contributed by atoms with Crippen molar-refractivity contribution in [1.82, 2.24) is 10.3 Å². The van der Waals surface area contributed by atoms with Crippen molar-refractivity contribution in [2.45, 2.75) is 23.0 Å². The van der Waals surface area contributed by atoms with E-state index in [0.29, 0.717) is 16.4 Å². The number of nitrogens with zero attached hydrogens (tertiary/aromatic N) is 1. The standard InChI is InChI=1S/C14H17N3O4S3/c1-3-15-13(18)9-23(19)12-6-4-5-11(7-12)17-24(20,21)14-8-16-10(2)22-14/h4-8,17H,3,9H2,1-2H3,(H,15,18). The van der Waals surface area contributed by atoms with Gasteiger partial charge in [-0.1, -0.05) is 6.07 Å². The molecule has 1 unspecified atom stereocenters. The Morgan fingerprint density at radius 2 is 2.12 bits per heavy atom. The molecule has 0 radical (unpaired) electrons. The molecule has 10 heteroatoms. The molecule has 0 aliphatic rings. The first kappa shape index (κ1) is 18.6. The summed E-state index contributed by atoms with van der Waals surface area (Å²) in [5, 5.41) is 3.22. The number of hydrogen-bond donors (Lipinski definition) is 2. The first-order valence-electron chi connectivity index (χ1n) is 7.02. The molecular formula is C14H17N3O4S3. The molecule has 1 atom stereocenters. The lowest BCUT2D eigenvalue weighted by Gasteiger charge is -2.08. The lowest BCUT2D eigenvalue weighted by molar-refractivity contribution is -0.118. The van der Waals surface area contributed by atoms with Gasteiger partial charge in [0.25, 0.3) is 10.0 Å². The molecule has 2 aromatic rings. The molecule has 1 amide bonds. The SMILES string of the molecule is CCNC(=O)CS(=O)c1cccc(NS(=O)(=O)c2cnc(C)s2)c1. The summed E-state index contributed by atoms with van der Waals surface area (Å²) < 4.78 is 39.3. The lowest BCUT2D eigenvalue weighted by atomic mass is 10.3. The maximum Gasteiger partial charge on any atom is 0.273 e. The quantitative estimate of drug-likeness (QED) is 0.749. The minimum atomic E-state index is -3.74. The fraction of sp³-hybridized carbons (Fsp3) is 0.286. The van der Waals surface area contributed by atoms with E-state index in [1.54, 1.807) is 32.0 Å². The summed E-state index contributed by atoms with van der Waals surface area (Å²) in [6.45, 7) is 3.95. The summed E-state index contributed by atoms with van der Waals surface area (Å²) in [6, 6.07) is 6.18. The molecule has 24 heavy (non-hydrogen) atoms. The third-order valence-electron chi connectivity index (χ3n) is 2.85. The largest absolute Gasteiger partial charge is 0.356 e. The second-order valence-corrected chi connectivity index (χ2v) is 9.37. The van der Waals surface area contributed by atoms with Crippen LogP contribution in [0.3, 0.4) is 0 Å². The number of aryl methyl sites for hydroxylation is 1. The van der Waals surface area contributed by atoms with Crippen molar-refractivity contribution in [3.8, 4) is 0 Å². The number of carbonyl (C=O) groups excluding carboxylic acids is 1. The molecule has 0 bridgehead atoms. The highest BCUT2D eigenvalue weighted by Gasteiger charge is 2.18. The molecule has 1 aromatic heterocycles. The van der Waals surface area contributed by atoms with Crippen molar-refractivity contribution in [2.24, 2.45) is 0 Å². The number of hydrogen-bond acceptors (Lipinski definition) is 6. The van der Waals surface area contributed by atoms with Crippen molar-refractivity contribution in [3.63, 3.8) is 0 Å². The van der Waals surface area contributed by atoms with E-state index < -0.39 is 20.8 Å². The van der Waals surface area contributed by atoms with Crippen LogP contribution in [0.4, 0.5) is 5.69 Å². The zero-order chi connectivity index (χ0) is 17.7. The Morgan fingerprint density at radius 3 is 2.75 bits per heavy atom. The molecule has 1 heterocycles. The van der Waals surface area contributed by atoms with Gasteiger partial charge in [0.15, 0.2) is 4.21 Å². The third kappa shape index (κ3) is 4.86. The van der Waals surface area contributed by atoms with E-state index >= 15 is 0 Å². The van der Waals surface area contributed by atoms with Gasteiger partial charge in [0, 0.05) is 11.4 Å². The van der Waals surface area contributed by atoms with E-state index in [0.717, 1.165) is 11.3 Å². The summed E-state index contributed by atoms with van der Waals surface area (Å²) >= 11 is 1.06. The molecule has 0 fully saturated rings. The summed E-state index contributed by atoms with van der Waals surface area (Å²) in [4.78, 5) is 15.8. The van der Waals surface area contributed by atoms with Crippen molar-refractivity contribution in [3.05, 3.63) is 35.5 Å². The van der Waals surface area contributed by atoms with Crippen molar-refractivity contribution in [2.75, 3.05) is 17.0 Å². The smallest absolute Gasteiger partial charge is 0.273 e. The van der Waals surface area contributed by atoms with E-state index in [-0.39, 0.29) is 21.6 Å². The average Bonchev–Trinajstić information content (AvgIpc) is 2.95. The van der Waals surface area contributed by atoms with Crippen molar-refractivity contribution < 1.29 is 17.4 Å². The van der Waals surface area contributed by atoms with Crippen molar-refractivity contribution in [1.29, 1.82) is 0 Å². The number of nitrogens with one attached hydrogen (secondary N) is 2. The Kier molecular flexibility index (Phi) is 6.08. The van der Waals surface area contributed by atoms with E-state index in [2.05, 4.69) is 15.0 Å². The molecule has 0 saturated carbocycles. The monoisotopic (exact) mass is 387 g/mol. The second kappa shape index (κ2) is 7.86. The van der Waals surface area contributed by atoms with Crippen LogP contribution in [0.1, 0.15) is 11.9 Å².